The Kier molecular flexibility index (Phi) is 4.92. The summed E-state index contributed by atoms with van der Waals surface area (Å²) in [5.41, 5.74) is 2.70. The van der Waals surface area contributed by atoms with Gasteiger partial charge in [-0.15, -0.1) is 22.7 Å². The fourth-order valence-corrected chi connectivity index (χ4v) is 4.27. The van der Waals surface area contributed by atoms with Gasteiger partial charge in [0.25, 0.3) is 5.04 Å². The van der Waals surface area contributed by atoms with Crippen LogP contribution in [0, 0.1) is 11.3 Å². The summed E-state index contributed by atoms with van der Waals surface area (Å²) in [6, 6.07) is 6.03. The second kappa shape index (κ2) is 6.69. The number of hydrogen-bond donors (Lipinski definition) is 1. The molecule has 0 amide bonds. The van der Waals surface area contributed by atoms with Crippen molar-refractivity contribution in [3.8, 4) is 6.07 Å². The molecule has 0 aliphatic rings. The lowest BCUT2D eigenvalue weighted by atomic mass is 10.4. The zero-order chi connectivity index (χ0) is 16.2. The highest BCUT2D eigenvalue weighted by molar-refractivity contribution is 8.08. The zero-order valence-corrected chi connectivity index (χ0v) is 13.6. The van der Waals surface area contributed by atoms with Gasteiger partial charge in [-0.3, -0.25) is 5.43 Å². The van der Waals surface area contributed by atoms with Gasteiger partial charge in [0.1, 0.15) is 15.2 Å². The fourth-order valence-electron chi connectivity index (χ4n) is 1.42. The molecule has 1 N–H and O–H groups in total. The number of carbonyl (C=O) groups excluding carboxylic acids is 1. The standard InChI is InChI=1S/C12H9N3O4S3/c1-19-12(16)11-8(4-6-21-11)14-15-9(7-13)22(17,18)10-3-2-5-20-10/h2-6,14H,1H3. The SMILES string of the molecule is COC(=O)c1sccc1NN=C(C#N)S(=O)(=O)c1cccs1. The minimum Gasteiger partial charge on any atom is -0.465 e. The van der Waals surface area contributed by atoms with Crippen LogP contribution in [-0.2, 0) is 14.6 Å². The molecule has 0 fully saturated rings. The summed E-state index contributed by atoms with van der Waals surface area (Å²) in [4.78, 5) is 11.7. The molecule has 0 radical (unpaired) electrons. The van der Waals surface area contributed by atoms with E-state index in [1.807, 2.05) is 0 Å². The number of methoxy groups -OCH3 is 1. The second-order valence-electron chi connectivity index (χ2n) is 3.73. The van der Waals surface area contributed by atoms with Crippen LogP contribution in [0.5, 0.6) is 0 Å². The maximum atomic E-state index is 12.2. The Balaban J connectivity index is 2.31. The number of carbonyl (C=O) groups is 1. The molecule has 2 heterocycles. The van der Waals surface area contributed by atoms with E-state index in [-0.39, 0.29) is 14.8 Å². The highest BCUT2D eigenvalue weighted by Gasteiger charge is 2.24. The van der Waals surface area contributed by atoms with E-state index in [4.69, 9.17) is 5.26 Å². The first kappa shape index (κ1) is 16.2. The van der Waals surface area contributed by atoms with Crippen molar-refractivity contribution in [1.82, 2.24) is 0 Å². The van der Waals surface area contributed by atoms with Crippen LogP contribution >= 0.6 is 22.7 Å². The van der Waals surface area contributed by atoms with Crippen LogP contribution in [0.2, 0.25) is 0 Å². The van der Waals surface area contributed by atoms with E-state index in [2.05, 4.69) is 15.3 Å². The molecule has 2 aromatic rings. The molecule has 0 spiro atoms. The lowest BCUT2D eigenvalue weighted by Gasteiger charge is -2.02. The molecule has 10 heteroatoms. The van der Waals surface area contributed by atoms with Crippen LogP contribution in [0.15, 0.2) is 38.3 Å². The number of ether oxygens (including phenoxy) is 1. The molecule has 22 heavy (non-hydrogen) atoms. The van der Waals surface area contributed by atoms with Gasteiger partial charge >= 0.3 is 5.97 Å². The number of thiophene rings is 2. The molecule has 0 aromatic carbocycles. The average Bonchev–Trinajstić information content (AvgIpc) is 3.18. The first-order chi connectivity index (χ1) is 10.5. The fraction of sp³-hybridized carbons (Fsp3) is 0.0833. The van der Waals surface area contributed by atoms with Crippen molar-refractivity contribution >= 4 is 49.2 Å². The van der Waals surface area contributed by atoms with Crippen molar-refractivity contribution in [1.29, 1.82) is 5.26 Å². The Morgan fingerprint density at radius 2 is 2.14 bits per heavy atom. The lowest BCUT2D eigenvalue weighted by Crippen LogP contribution is -2.14. The molecule has 2 rings (SSSR count). The lowest BCUT2D eigenvalue weighted by molar-refractivity contribution is 0.0607. The molecule has 0 atom stereocenters. The number of hydrogen-bond acceptors (Lipinski definition) is 9. The minimum atomic E-state index is -3.97. The molecule has 0 saturated carbocycles. The molecule has 0 aliphatic carbocycles. The van der Waals surface area contributed by atoms with E-state index in [0.717, 1.165) is 22.7 Å². The van der Waals surface area contributed by atoms with Crippen LogP contribution in [0.1, 0.15) is 9.67 Å². The maximum Gasteiger partial charge on any atom is 0.350 e. The van der Waals surface area contributed by atoms with E-state index in [1.165, 1.54) is 19.2 Å². The van der Waals surface area contributed by atoms with Crippen molar-refractivity contribution in [3.05, 3.63) is 33.8 Å². The summed E-state index contributed by atoms with van der Waals surface area (Å²) >= 11 is 2.10. The summed E-state index contributed by atoms with van der Waals surface area (Å²) < 4.78 is 29.0. The van der Waals surface area contributed by atoms with Crippen LogP contribution < -0.4 is 5.43 Å². The predicted octanol–water partition coefficient (Wildman–Crippen LogP) is 2.32. The summed E-state index contributed by atoms with van der Waals surface area (Å²) in [6.07, 6.45) is 0. The van der Waals surface area contributed by atoms with Gasteiger partial charge in [0.15, 0.2) is 0 Å². The first-order valence-corrected chi connectivity index (χ1v) is 8.93. The maximum absolute atomic E-state index is 12.2. The number of anilines is 1. The van der Waals surface area contributed by atoms with Gasteiger partial charge in [-0.25, -0.2) is 13.2 Å². The second-order valence-corrected chi connectivity index (χ2v) is 7.69. The minimum absolute atomic E-state index is 0.0214. The Morgan fingerprint density at radius 3 is 2.73 bits per heavy atom. The topological polar surface area (TPSA) is 109 Å². The Hall–Kier alpha value is -2.22. The molecular weight excluding hydrogens is 346 g/mol. The molecule has 7 nitrogen and oxygen atoms in total. The smallest absolute Gasteiger partial charge is 0.350 e. The molecule has 2 aromatic heterocycles. The average molecular weight is 355 g/mol. The normalized spacial score (nSPS) is 11.7. The van der Waals surface area contributed by atoms with Gasteiger partial charge < -0.3 is 4.74 Å². The van der Waals surface area contributed by atoms with E-state index < -0.39 is 20.9 Å². The van der Waals surface area contributed by atoms with Gasteiger partial charge in [0, 0.05) is 0 Å². The number of sulfone groups is 1. The third kappa shape index (κ3) is 3.16. The molecule has 0 unspecified atom stereocenters. The van der Waals surface area contributed by atoms with Crippen LogP contribution in [0.3, 0.4) is 0 Å². The molecule has 114 valence electrons. The summed E-state index contributed by atoms with van der Waals surface area (Å²) in [5.74, 6) is -0.577. The van der Waals surface area contributed by atoms with Crippen molar-refractivity contribution in [2.45, 2.75) is 4.21 Å². The number of rotatable bonds is 4. The summed E-state index contributed by atoms with van der Waals surface area (Å²) in [7, 11) is -2.73. The third-order valence-corrected chi connectivity index (χ3v) is 6.28. The summed E-state index contributed by atoms with van der Waals surface area (Å²) in [5, 5.41) is 15.2. The Morgan fingerprint density at radius 1 is 1.36 bits per heavy atom. The van der Waals surface area contributed by atoms with Crippen molar-refractivity contribution in [2.24, 2.45) is 5.10 Å². The number of hydrazone groups is 1. The van der Waals surface area contributed by atoms with Crippen molar-refractivity contribution in [2.75, 3.05) is 12.5 Å². The Bertz CT molecular complexity index is 845. The van der Waals surface area contributed by atoms with E-state index in [0.29, 0.717) is 0 Å². The molecule has 0 bridgehead atoms. The monoisotopic (exact) mass is 355 g/mol. The molecule has 0 aliphatic heterocycles. The highest BCUT2D eigenvalue weighted by atomic mass is 32.2. The number of nitrogens with one attached hydrogen (secondary N) is 1. The van der Waals surface area contributed by atoms with Gasteiger partial charge in [-0.1, -0.05) is 6.07 Å². The van der Waals surface area contributed by atoms with Crippen LogP contribution in [0.25, 0.3) is 0 Å². The van der Waals surface area contributed by atoms with Gasteiger partial charge in [0.2, 0.25) is 9.84 Å². The largest absolute Gasteiger partial charge is 0.465 e. The van der Waals surface area contributed by atoms with E-state index in [1.54, 1.807) is 22.9 Å². The molecular formula is C12H9N3O4S3. The first-order valence-electron chi connectivity index (χ1n) is 5.69. The van der Waals surface area contributed by atoms with Gasteiger partial charge in [-0.2, -0.15) is 10.4 Å². The van der Waals surface area contributed by atoms with Crippen molar-refractivity contribution in [3.63, 3.8) is 0 Å². The number of nitriles is 1. The quantitative estimate of drug-likeness (QED) is 0.390. The molecule has 0 saturated heterocycles. The van der Waals surface area contributed by atoms with Gasteiger partial charge in [0.05, 0.1) is 12.8 Å². The van der Waals surface area contributed by atoms with Crippen LogP contribution in [0.4, 0.5) is 5.69 Å². The Labute approximate surface area is 134 Å². The predicted molar refractivity (Wildman–Crippen MR) is 83.8 cm³/mol. The van der Waals surface area contributed by atoms with E-state index >= 15 is 0 Å². The third-order valence-electron chi connectivity index (χ3n) is 2.42. The zero-order valence-electron chi connectivity index (χ0n) is 11.1. The van der Waals surface area contributed by atoms with Crippen LogP contribution in [-0.4, -0.2) is 26.5 Å². The van der Waals surface area contributed by atoms with Gasteiger partial charge in [-0.05, 0) is 22.9 Å². The highest BCUT2D eigenvalue weighted by Crippen LogP contribution is 2.24. The van der Waals surface area contributed by atoms with E-state index in [9.17, 15) is 13.2 Å². The number of nitrogens with zero attached hydrogens (tertiary/aromatic N) is 2. The summed E-state index contributed by atoms with van der Waals surface area (Å²) in [6.45, 7) is 0. The number of esters is 1. The van der Waals surface area contributed by atoms with Crippen molar-refractivity contribution < 1.29 is 17.9 Å².